The van der Waals surface area contributed by atoms with Gasteiger partial charge in [0.1, 0.15) is 0 Å². The van der Waals surface area contributed by atoms with Crippen LogP contribution in [0.25, 0.3) is 0 Å². The number of carbonyl (C=O) groups is 2. The largest absolute Gasteiger partial charge is 0.799 e. The van der Waals surface area contributed by atoms with E-state index in [0.29, 0.717) is 0 Å². The number of carboxylic acid groups (broad SMARTS) is 1. The van der Waals surface area contributed by atoms with Gasteiger partial charge in [-0.1, -0.05) is 0 Å². The van der Waals surface area contributed by atoms with Gasteiger partial charge in [0.25, 0.3) is 0 Å². The van der Waals surface area contributed by atoms with Crippen LogP contribution in [0.1, 0.15) is 6.42 Å². The second-order valence-corrected chi connectivity index (χ2v) is 4.69. The molecular formula is C5H8O5P-. The van der Waals surface area contributed by atoms with E-state index in [1.165, 1.54) is 0 Å². The second kappa shape index (κ2) is 3.64. The van der Waals surface area contributed by atoms with Crippen molar-refractivity contribution in [1.82, 2.24) is 0 Å². The number of carbonyl (C=O) groups excluding carboxylic acids is 1. The summed E-state index contributed by atoms with van der Waals surface area (Å²) in [6.45, 7) is 0.974. The van der Waals surface area contributed by atoms with Gasteiger partial charge >= 0.3 is 5.97 Å². The van der Waals surface area contributed by atoms with Crippen molar-refractivity contribution in [1.29, 1.82) is 0 Å². The fraction of sp³-hybridized carbons (Fsp3) is 0.600. The van der Waals surface area contributed by atoms with Crippen molar-refractivity contribution in [3.63, 3.8) is 0 Å². The Morgan fingerprint density at radius 2 is 2.00 bits per heavy atom. The monoisotopic (exact) mass is 179 g/mol. The van der Waals surface area contributed by atoms with Crippen LogP contribution in [0.15, 0.2) is 0 Å². The van der Waals surface area contributed by atoms with Gasteiger partial charge in [-0.05, 0) is 12.8 Å². The lowest BCUT2D eigenvalue weighted by atomic mass is 10.3. The molecule has 0 saturated carbocycles. The summed E-state index contributed by atoms with van der Waals surface area (Å²) in [5.74, 6) is -2.65. The molecule has 1 N–H and O–H groups in total. The summed E-state index contributed by atoms with van der Waals surface area (Å²) in [4.78, 5) is 30.6. The van der Waals surface area contributed by atoms with Gasteiger partial charge in [0.15, 0.2) is 0 Å². The Morgan fingerprint density at radius 3 is 2.27 bits per heavy atom. The first kappa shape index (κ1) is 10.3. The Morgan fingerprint density at radius 1 is 1.55 bits per heavy atom. The highest BCUT2D eigenvalue weighted by Gasteiger charge is 2.12. The minimum Gasteiger partial charge on any atom is -0.799 e. The Balaban J connectivity index is 3.82. The van der Waals surface area contributed by atoms with Crippen LogP contribution in [0.4, 0.5) is 0 Å². The van der Waals surface area contributed by atoms with Gasteiger partial charge < -0.3 is 14.6 Å². The number of aliphatic carboxylic acids is 1. The first-order chi connectivity index (χ1) is 4.83. The van der Waals surface area contributed by atoms with E-state index in [0.717, 1.165) is 6.66 Å². The van der Waals surface area contributed by atoms with Crippen LogP contribution in [-0.4, -0.2) is 29.7 Å². The fourth-order valence-electron chi connectivity index (χ4n) is 0.412. The molecule has 0 amide bonds. The molecule has 0 heterocycles. The first-order valence-corrected chi connectivity index (χ1v) is 5.12. The molecule has 0 bridgehead atoms. The van der Waals surface area contributed by atoms with Gasteiger partial charge in [-0.25, -0.2) is 4.79 Å². The third kappa shape index (κ3) is 5.76. The summed E-state index contributed by atoms with van der Waals surface area (Å²) in [6, 6.07) is 0. The molecule has 0 aliphatic carbocycles. The topological polar surface area (TPSA) is 94.5 Å². The van der Waals surface area contributed by atoms with Crippen LogP contribution in [0.5, 0.6) is 0 Å². The van der Waals surface area contributed by atoms with Crippen LogP contribution >= 0.6 is 7.37 Å². The summed E-state index contributed by atoms with van der Waals surface area (Å²) in [5.41, 5.74) is 0. The predicted molar refractivity (Wildman–Crippen MR) is 35.7 cm³/mol. The van der Waals surface area contributed by atoms with Crippen LogP contribution < -0.4 is 4.89 Å². The van der Waals surface area contributed by atoms with E-state index in [2.05, 4.69) is 0 Å². The van der Waals surface area contributed by atoms with Crippen molar-refractivity contribution >= 4 is 19.1 Å². The number of hydrogen-bond donors (Lipinski definition) is 1. The van der Waals surface area contributed by atoms with Crippen LogP contribution in [-0.2, 0) is 14.2 Å². The molecule has 11 heavy (non-hydrogen) atoms. The van der Waals surface area contributed by atoms with E-state index in [-0.39, 0.29) is 6.16 Å². The summed E-state index contributed by atoms with van der Waals surface area (Å²) in [6.07, 6.45) is -0.815. The third-order valence-electron chi connectivity index (χ3n) is 0.984. The van der Waals surface area contributed by atoms with Crippen molar-refractivity contribution in [2.75, 3.05) is 12.8 Å². The average Bonchev–Trinajstić information content (AvgIpc) is 1.80. The van der Waals surface area contributed by atoms with E-state index in [4.69, 9.17) is 5.11 Å². The normalized spacial score (nSPS) is 15.5. The van der Waals surface area contributed by atoms with Crippen molar-refractivity contribution < 1.29 is 24.2 Å². The molecule has 0 saturated heterocycles. The first-order valence-electron chi connectivity index (χ1n) is 2.86. The highest BCUT2D eigenvalue weighted by molar-refractivity contribution is 7.55. The quantitative estimate of drug-likeness (QED) is 0.454. The van der Waals surface area contributed by atoms with Gasteiger partial charge in [-0.15, -0.1) is 0 Å². The molecule has 0 aliphatic heterocycles. The maximum Gasteiger partial charge on any atom is 0.372 e. The van der Waals surface area contributed by atoms with Crippen molar-refractivity contribution in [2.24, 2.45) is 0 Å². The third-order valence-corrected chi connectivity index (χ3v) is 2.02. The Bertz CT molecular complexity index is 215. The van der Waals surface area contributed by atoms with E-state index in [1.807, 2.05) is 0 Å². The molecule has 64 valence electrons. The zero-order valence-electron chi connectivity index (χ0n) is 5.94. The Labute approximate surface area is 63.5 Å². The maximum atomic E-state index is 10.4. The van der Waals surface area contributed by atoms with Crippen LogP contribution in [0.2, 0.25) is 0 Å². The summed E-state index contributed by atoms with van der Waals surface area (Å²) < 4.78 is 10.4. The predicted octanol–water partition coefficient (Wildman–Crippen LogP) is -0.702. The minimum absolute atomic E-state index is 0.377. The number of carboxylic acids is 1. The Hall–Kier alpha value is -0.670. The zero-order chi connectivity index (χ0) is 9.07. The van der Waals surface area contributed by atoms with Crippen LogP contribution in [0.3, 0.4) is 0 Å². The van der Waals surface area contributed by atoms with Crippen molar-refractivity contribution in [3.05, 3.63) is 0 Å². The molecule has 0 rings (SSSR count). The molecule has 6 heteroatoms. The van der Waals surface area contributed by atoms with E-state index in [9.17, 15) is 19.0 Å². The summed E-state index contributed by atoms with van der Waals surface area (Å²) in [7, 11) is -3.49. The molecule has 0 spiro atoms. The standard InChI is InChI=1S/C5H9O5P/c1-11(9,10)3-2-4(6)5(7)8/h2-3H2,1H3,(H,7,8)(H,9,10)/p-1. The molecular weight excluding hydrogens is 171 g/mol. The second-order valence-electron chi connectivity index (χ2n) is 2.22. The summed E-state index contributed by atoms with van der Waals surface area (Å²) in [5, 5.41) is 8.04. The lowest BCUT2D eigenvalue weighted by Crippen LogP contribution is -2.15. The molecule has 0 aromatic rings. The number of hydrogen-bond acceptors (Lipinski definition) is 4. The number of rotatable bonds is 4. The van der Waals surface area contributed by atoms with E-state index in [1.54, 1.807) is 0 Å². The maximum absolute atomic E-state index is 10.4. The van der Waals surface area contributed by atoms with E-state index >= 15 is 0 Å². The van der Waals surface area contributed by atoms with Gasteiger partial charge in [-0.3, -0.25) is 4.79 Å². The summed E-state index contributed by atoms with van der Waals surface area (Å²) >= 11 is 0. The van der Waals surface area contributed by atoms with Gasteiger partial charge in [-0.2, -0.15) is 0 Å². The van der Waals surface area contributed by atoms with Crippen molar-refractivity contribution in [2.45, 2.75) is 6.42 Å². The average molecular weight is 179 g/mol. The molecule has 0 aliphatic rings. The molecule has 5 nitrogen and oxygen atoms in total. The van der Waals surface area contributed by atoms with Crippen molar-refractivity contribution in [3.8, 4) is 0 Å². The smallest absolute Gasteiger partial charge is 0.372 e. The number of Topliss-reactive ketones (excluding diaryl/α,β-unsaturated/α-hetero) is 1. The lowest BCUT2D eigenvalue weighted by Gasteiger charge is -2.15. The SMILES string of the molecule is CP(=O)([O-])CCC(=O)C(=O)O. The zero-order valence-corrected chi connectivity index (χ0v) is 6.84. The van der Waals surface area contributed by atoms with Gasteiger partial charge in [0.05, 0.1) is 0 Å². The molecule has 0 fully saturated rings. The highest BCUT2D eigenvalue weighted by Crippen LogP contribution is 2.29. The molecule has 1 unspecified atom stereocenters. The van der Waals surface area contributed by atoms with Crippen LogP contribution in [0, 0.1) is 0 Å². The minimum atomic E-state index is -3.49. The Kier molecular flexibility index (Phi) is 3.42. The fourth-order valence-corrected chi connectivity index (χ4v) is 1.02. The molecule has 0 aromatic carbocycles. The molecule has 0 radical (unpaired) electrons. The van der Waals surface area contributed by atoms with Gasteiger partial charge in [0.2, 0.25) is 5.78 Å². The lowest BCUT2D eigenvalue weighted by molar-refractivity contribution is -0.173. The van der Waals surface area contributed by atoms with E-state index < -0.39 is 25.5 Å². The molecule has 0 aromatic heterocycles. The molecule has 1 atom stereocenters. The van der Waals surface area contributed by atoms with Gasteiger partial charge in [0, 0.05) is 13.8 Å². The highest BCUT2D eigenvalue weighted by atomic mass is 31.2. The number of ketones is 1.